The molecule has 1 saturated heterocycles. The van der Waals surface area contributed by atoms with Crippen LogP contribution in [0.5, 0.6) is 0 Å². The minimum atomic E-state index is -4.52. The molecule has 0 amide bonds. The van der Waals surface area contributed by atoms with Gasteiger partial charge in [-0.1, -0.05) is 0 Å². The molecule has 19 heavy (non-hydrogen) atoms. The Kier molecular flexibility index (Phi) is 5.30. The zero-order chi connectivity index (χ0) is 14.5. The van der Waals surface area contributed by atoms with Gasteiger partial charge in [0.1, 0.15) is 6.61 Å². The van der Waals surface area contributed by atoms with Gasteiger partial charge < -0.3 is 14.2 Å². The van der Waals surface area contributed by atoms with Gasteiger partial charge in [0.05, 0.1) is 26.4 Å². The van der Waals surface area contributed by atoms with Gasteiger partial charge in [-0.3, -0.25) is 9.59 Å². The molecule has 0 aliphatic carbocycles. The van der Waals surface area contributed by atoms with Crippen LogP contribution in [0.2, 0.25) is 0 Å². The Morgan fingerprint density at radius 1 is 1.47 bits per heavy atom. The number of alkyl halides is 3. The summed E-state index contributed by atoms with van der Waals surface area (Å²) in [4.78, 5) is 23.6. The van der Waals surface area contributed by atoms with E-state index < -0.39 is 36.6 Å². The lowest BCUT2D eigenvalue weighted by Gasteiger charge is -2.32. The molecule has 1 heterocycles. The van der Waals surface area contributed by atoms with Gasteiger partial charge in [-0.25, -0.2) is 0 Å². The molecule has 0 saturated carbocycles. The van der Waals surface area contributed by atoms with E-state index >= 15 is 0 Å². The molecule has 0 bridgehead atoms. The minimum Gasteiger partial charge on any atom is -0.465 e. The fourth-order valence-electron chi connectivity index (χ4n) is 1.70. The monoisotopic (exact) mass is 284 g/mol. The SMILES string of the molecule is CCOC(=O)C1(COCC(F)(F)F)COCCC1=O. The van der Waals surface area contributed by atoms with Crippen LogP contribution >= 0.6 is 0 Å². The third-order valence-corrected chi connectivity index (χ3v) is 2.64. The first-order chi connectivity index (χ1) is 8.82. The Morgan fingerprint density at radius 2 is 2.16 bits per heavy atom. The first kappa shape index (κ1) is 15.9. The average molecular weight is 284 g/mol. The Bertz CT molecular complexity index is 342. The molecule has 0 radical (unpaired) electrons. The highest BCUT2D eigenvalue weighted by Crippen LogP contribution is 2.28. The smallest absolute Gasteiger partial charge is 0.411 e. The Morgan fingerprint density at radius 3 is 2.68 bits per heavy atom. The van der Waals surface area contributed by atoms with E-state index in [-0.39, 0.29) is 26.2 Å². The van der Waals surface area contributed by atoms with Gasteiger partial charge in [0.2, 0.25) is 0 Å². The molecule has 0 N–H and O–H groups in total. The van der Waals surface area contributed by atoms with Crippen LogP contribution in [0, 0.1) is 5.41 Å². The second-order valence-corrected chi connectivity index (χ2v) is 4.14. The van der Waals surface area contributed by atoms with Crippen LogP contribution < -0.4 is 0 Å². The molecule has 0 aromatic heterocycles. The molecular weight excluding hydrogens is 269 g/mol. The van der Waals surface area contributed by atoms with E-state index in [0.29, 0.717) is 0 Å². The highest BCUT2D eigenvalue weighted by atomic mass is 19.4. The summed E-state index contributed by atoms with van der Waals surface area (Å²) >= 11 is 0. The molecule has 0 spiro atoms. The second-order valence-electron chi connectivity index (χ2n) is 4.14. The van der Waals surface area contributed by atoms with Gasteiger partial charge in [-0.05, 0) is 6.92 Å². The van der Waals surface area contributed by atoms with Crippen molar-refractivity contribution >= 4 is 11.8 Å². The molecule has 8 heteroatoms. The van der Waals surface area contributed by atoms with Crippen molar-refractivity contribution in [1.82, 2.24) is 0 Å². The zero-order valence-corrected chi connectivity index (χ0v) is 10.4. The van der Waals surface area contributed by atoms with Gasteiger partial charge in [0.15, 0.2) is 11.2 Å². The molecule has 1 fully saturated rings. The summed E-state index contributed by atoms with van der Waals surface area (Å²) < 4.78 is 50.3. The van der Waals surface area contributed by atoms with Crippen molar-refractivity contribution in [2.45, 2.75) is 19.5 Å². The number of Topliss-reactive ketones (excluding diaryl/α,β-unsaturated/α-hetero) is 1. The van der Waals surface area contributed by atoms with Crippen molar-refractivity contribution in [3.05, 3.63) is 0 Å². The predicted octanol–water partition coefficient (Wildman–Crippen LogP) is 1.10. The van der Waals surface area contributed by atoms with Gasteiger partial charge in [-0.2, -0.15) is 13.2 Å². The topological polar surface area (TPSA) is 61.8 Å². The summed E-state index contributed by atoms with van der Waals surface area (Å²) in [7, 11) is 0. The quantitative estimate of drug-likeness (QED) is 0.559. The van der Waals surface area contributed by atoms with Crippen LogP contribution in [0.15, 0.2) is 0 Å². The van der Waals surface area contributed by atoms with E-state index in [9.17, 15) is 22.8 Å². The van der Waals surface area contributed by atoms with Crippen molar-refractivity contribution < 1.29 is 37.0 Å². The van der Waals surface area contributed by atoms with E-state index in [1.807, 2.05) is 0 Å². The molecular formula is C11H15F3O5. The van der Waals surface area contributed by atoms with Crippen molar-refractivity contribution in [2.75, 3.05) is 33.0 Å². The van der Waals surface area contributed by atoms with E-state index in [2.05, 4.69) is 4.74 Å². The third kappa shape index (κ3) is 4.17. The van der Waals surface area contributed by atoms with Crippen molar-refractivity contribution in [2.24, 2.45) is 5.41 Å². The summed E-state index contributed by atoms with van der Waals surface area (Å²) in [5, 5.41) is 0. The third-order valence-electron chi connectivity index (χ3n) is 2.64. The van der Waals surface area contributed by atoms with Crippen LogP contribution in [0.4, 0.5) is 13.2 Å². The van der Waals surface area contributed by atoms with E-state index in [0.717, 1.165) is 0 Å². The number of carbonyl (C=O) groups excluding carboxylic acids is 2. The largest absolute Gasteiger partial charge is 0.465 e. The minimum absolute atomic E-state index is 0.0210. The fraction of sp³-hybridized carbons (Fsp3) is 0.818. The zero-order valence-electron chi connectivity index (χ0n) is 10.4. The molecule has 110 valence electrons. The summed E-state index contributed by atoms with van der Waals surface area (Å²) in [6.45, 7) is -0.836. The number of hydrogen-bond donors (Lipinski definition) is 0. The molecule has 1 unspecified atom stereocenters. The Hall–Kier alpha value is -1.15. The van der Waals surface area contributed by atoms with Crippen molar-refractivity contribution in [3.63, 3.8) is 0 Å². The highest BCUT2D eigenvalue weighted by Gasteiger charge is 2.50. The number of ether oxygens (including phenoxy) is 3. The predicted molar refractivity (Wildman–Crippen MR) is 56.4 cm³/mol. The first-order valence-corrected chi connectivity index (χ1v) is 5.74. The van der Waals surface area contributed by atoms with Crippen LogP contribution in [0.3, 0.4) is 0 Å². The summed E-state index contributed by atoms with van der Waals surface area (Å²) in [6, 6.07) is 0. The Labute approximate surface area is 108 Å². The number of hydrogen-bond acceptors (Lipinski definition) is 5. The maximum absolute atomic E-state index is 12.0. The lowest BCUT2D eigenvalue weighted by atomic mass is 9.82. The molecule has 0 aromatic rings. The standard InChI is InChI=1S/C11H15F3O5/c1-2-19-9(16)10(5-17-4-3-8(10)15)6-18-7-11(12,13)14/h2-7H2,1H3. The lowest BCUT2D eigenvalue weighted by Crippen LogP contribution is -2.51. The Balaban J connectivity index is 2.74. The van der Waals surface area contributed by atoms with Crippen LogP contribution in [-0.4, -0.2) is 51.0 Å². The molecule has 1 aliphatic rings. The van der Waals surface area contributed by atoms with Gasteiger partial charge in [-0.15, -0.1) is 0 Å². The molecule has 1 rings (SSSR count). The summed E-state index contributed by atoms with van der Waals surface area (Å²) in [5.74, 6) is -1.42. The maximum Gasteiger partial charge on any atom is 0.411 e. The van der Waals surface area contributed by atoms with Crippen molar-refractivity contribution in [3.8, 4) is 0 Å². The molecule has 5 nitrogen and oxygen atoms in total. The highest BCUT2D eigenvalue weighted by molar-refractivity contribution is 6.04. The van der Waals surface area contributed by atoms with Crippen LogP contribution in [-0.2, 0) is 23.8 Å². The van der Waals surface area contributed by atoms with Crippen molar-refractivity contribution in [1.29, 1.82) is 0 Å². The summed E-state index contributed by atoms with van der Waals surface area (Å²) in [5.41, 5.74) is -1.78. The molecule has 0 aromatic carbocycles. The average Bonchev–Trinajstić information content (AvgIpc) is 2.30. The van der Waals surface area contributed by atoms with Gasteiger partial charge in [0.25, 0.3) is 0 Å². The van der Waals surface area contributed by atoms with Gasteiger partial charge in [0, 0.05) is 6.42 Å². The number of rotatable bonds is 5. The van der Waals surface area contributed by atoms with Crippen LogP contribution in [0.25, 0.3) is 0 Å². The number of ketones is 1. The number of halogens is 3. The molecule has 1 aliphatic heterocycles. The maximum atomic E-state index is 12.0. The number of esters is 1. The van der Waals surface area contributed by atoms with E-state index in [1.54, 1.807) is 0 Å². The van der Waals surface area contributed by atoms with E-state index in [1.165, 1.54) is 6.92 Å². The molecule has 1 atom stereocenters. The van der Waals surface area contributed by atoms with E-state index in [4.69, 9.17) is 9.47 Å². The van der Waals surface area contributed by atoms with Gasteiger partial charge >= 0.3 is 12.1 Å². The normalized spacial score (nSPS) is 24.3. The number of carbonyl (C=O) groups is 2. The first-order valence-electron chi connectivity index (χ1n) is 5.74. The lowest BCUT2D eigenvalue weighted by molar-refractivity contribution is -0.196. The summed E-state index contributed by atoms with van der Waals surface area (Å²) in [6.07, 6.45) is -4.57. The van der Waals surface area contributed by atoms with Crippen LogP contribution in [0.1, 0.15) is 13.3 Å². The fourth-order valence-corrected chi connectivity index (χ4v) is 1.70. The second kappa shape index (κ2) is 6.33.